The second-order valence-corrected chi connectivity index (χ2v) is 5.81. The van der Waals surface area contributed by atoms with Crippen LogP contribution < -0.4 is 10.1 Å². The molecule has 1 fully saturated rings. The van der Waals surface area contributed by atoms with Crippen molar-refractivity contribution in [2.24, 2.45) is 5.92 Å². The number of likely N-dealkylation sites (tertiary alicyclic amines) is 1. The Balaban J connectivity index is 1.73. The van der Waals surface area contributed by atoms with E-state index in [1.807, 2.05) is 31.2 Å². The fourth-order valence-electron chi connectivity index (χ4n) is 2.90. The van der Waals surface area contributed by atoms with Crippen LogP contribution in [0.2, 0.25) is 0 Å². The van der Waals surface area contributed by atoms with Crippen LogP contribution in [0.5, 0.6) is 5.75 Å². The topological polar surface area (TPSA) is 67.9 Å². The van der Waals surface area contributed by atoms with Crippen LogP contribution >= 0.6 is 0 Å². The maximum Gasteiger partial charge on any atom is 0.317 e. The normalized spacial score (nSPS) is 15.0. The standard InChI is InChI=1S/C18H26N2O4/c1-3-24-17(21)15-9-12-20(13-10-15)18(22)19-11-8-14-6-4-5-7-16(14)23-2/h4-7,15H,3,8-13H2,1-2H3,(H,19,22). The first-order chi connectivity index (χ1) is 11.7. The molecule has 1 aromatic rings. The number of hydrogen-bond acceptors (Lipinski definition) is 4. The van der Waals surface area contributed by atoms with Gasteiger partial charge in [-0.2, -0.15) is 0 Å². The number of piperidine rings is 1. The van der Waals surface area contributed by atoms with Gasteiger partial charge in [-0.3, -0.25) is 4.79 Å². The second kappa shape index (κ2) is 9.15. The SMILES string of the molecule is CCOC(=O)C1CCN(C(=O)NCCc2ccccc2OC)CC1. The van der Waals surface area contributed by atoms with Crippen LogP contribution in [0.25, 0.3) is 0 Å². The number of ether oxygens (including phenoxy) is 2. The number of nitrogens with one attached hydrogen (secondary N) is 1. The van der Waals surface area contributed by atoms with Gasteiger partial charge < -0.3 is 19.7 Å². The number of amides is 2. The Morgan fingerprint density at radius 3 is 2.62 bits per heavy atom. The van der Waals surface area contributed by atoms with Crippen molar-refractivity contribution in [1.82, 2.24) is 10.2 Å². The molecule has 2 amide bonds. The molecule has 0 aromatic heterocycles. The molecule has 0 aliphatic carbocycles. The summed E-state index contributed by atoms with van der Waals surface area (Å²) in [4.78, 5) is 25.7. The van der Waals surface area contributed by atoms with Crippen LogP contribution in [0.15, 0.2) is 24.3 Å². The van der Waals surface area contributed by atoms with Crippen LogP contribution in [-0.2, 0) is 16.0 Å². The van der Waals surface area contributed by atoms with Crippen molar-refractivity contribution >= 4 is 12.0 Å². The third-order valence-corrected chi connectivity index (χ3v) is 4.27. The lowest BCUT2D eigenvalue weighted by Crippen LogP contribution is -2.46. The molecule has 1 saturated heterocycles. The van der Waals surface area contributed by atoms with Crippen molar-refractivity contribution in [3.63, 3.8) is 0 Å². The minimum atomic E-state index is -0.145. The summed E-state index contributed by atoms with van der Waals surface area (Å²) in [5.74, 6) is 0.610. The Morgan fingerprint density at radius 1 is 1.25 bits per heavy atom. The minimum absolute atomic E-state index is 0.0767. The van der Waals surface area contributed by atoms with Gasteiger partial charge in [-0.25, -0.2) is 4.79 Å². The molecular formula is C18H26N2O4. The van der Waals surface area contributed by atoms with E-state index in [1.54, 1.807) is 12.0 Å². The third kappa shape index (κ3) is 4.88. The summed E-state index contributed by atoms with van der Waals surface area (Å²) >= 11 is 0. The van der Waals surface area contributed by atoms with E-state index in [-0.39, 0.29) is 17.9 Å². The van der Waals surface area contributed by atoms with Gasteiger partial charge in [0.1, 0.15) is 5.75 Å². The predicted octanol–water partition coefficient (Wildman–Crippen LogP) is 2.22. The highest BCUT2D eigenvalue weighted by Gasteiger charge is 2.27. The van der Waals surface area contributed by atoms with Crippen molar-refractivity contribution in [3.8, 4) is 5.75 Å². The number of nitrogens with zero attached hydrogens (tertiary/aromatic N) is 1. The quantitative estimate of drug-likeness (QED) is 0.810. The van der Waals surface area contributed by atoms with Gasteiger partial charge >= 0.3 is 12.0 Å². The maximum absolute atomic E-state index is 12.2. The summed E-state index contributed by atoms with van der Waals surface area (Å²) in [6.45, 7) is 3.94. The average Bonchev–Trinajstić information content (AvgIpc) is 2.62. The summed E-state index contributed by atoms with van der Waals surface area (Å²) in [6.07, 6.45) is 2.05. The molecular weight excluding hydrogens is 308 g/mol. The van der Waals surface area contributed by atoms with Gasteiger partial charge in [-0.05, 0) is 37.8 Å². The third-order valence-electron chi connectivity index (χ3n) is 4.27. The van der Waals surface area contributed by atoms with Gasteiger partial charge in [-0.15, -0.1) is 0 Å². The van der Waals surface area contributed by atoms with E-state index < -0.39 is 0 Å². The molecule has 1 aromatic carbocycles. The first-order valence-corrected chi connectivity index (χ1v) is 8.47. The Hall–Kier alpha value is -2.24. The Labute approximate surface area is 143 Å². The van der Waals surface area contributed by atoms with Gasteiger partial charge in [0.05, 0.1) is 19.6 Å². The lowest BCUT2D eigenvalue weighted by Gasteiger charge is -2.30. The molecule has 1 aliphatic heterocycles. The molecule has 0 atom stereocenters. The van der Waals surface area contributed by atoms with Crippen LogP contribution in [-0.4, -0.2) is 50.3 Å². The Morgan fingerprint density at radius 2 is 1.96 bits per heavy atom. The molecule has 1 heterocycles. The lowest BCUT2D eigenvalue weighted by atomic mass is 9.97. The molecule has 0 saturated carbocycles. The number of urea groups is 1. The molecule has 0 radical (unpaired) electrons. The predicted molar refractivity (Wildman–Crippen MR) is 91.0 cm³/mol. The number of methoxy groups -OCH3 is 1. The highest BCUT2D eigenvalue weighted by molar-refractivity contribution is 5.76. The maximum atomic E-state index is 12.2. The number of esters is 1. The van der Waals surface area contributed by atoms with Gasteiger partial charge in [0.15, 0.2) is 0 Å². The molecule has 1 aliphatic rings. The molecule has 2 rings (SSSR count). The van der Waals surface area contributed by atoms with E-state index in [0.29, 0.717) is 39.1 Å². The van der Waals surface area contributed by atoms with Crippen LogP contribution in [0.4, 0.5) is 4.79 Å². The van der Waals surface area contributed by atoms with Gasteiger partial charge in [0, 0.05) is 19.6 Å². The highest BCUT2D eigenvalue weighted by atomic mass is 16.5. The van der Waals surface area contributed by atoms with E-state index >= 15 is 0 Å². The van der Waals surface area contributed by atoms with Crippen molar-refractivity contribution in [2.75, 3.05) is 33.4 Å². The number of carbonyl (C=O) groups is 2. The monoisotopic (exact) mass is 334 g/mol. The van der Waals surface area contributed by atoms with E-state index in [4.69, 9.17) is 9.47 Å². The van der Waals surface area contributed by atoms with E-state index in [0.717, 1.165) is 17.7 Å². The van der Waals surface area contributed by atoms with Crippen LogP contribution in [0, 0.1) is 5.92 Å². The second-order valence-electron chi connectivity index (χ2n) is 5.81. The Bertz CT molecular complexity index is 554. The molecule has 0 unspecified atom stereocenters. The Kier molecular flexibility index (Phi) is 6.90. The molecule has 6 heteroatoms. The van der Waals surface area contributed by atoms with Crippen molar-refractivity contribution in [2.45, 2.75) is 26.2 Å². The van der Waals surface area contributed by atoms with Gasteiger partial charge in [0.25, 0.3) is 0 Å². The van der Waals surface area contributed by atoms with E-state index in [9.17, 15) is 9.59 Å². The van der Waals surface area contributed by atoms with Crippen molar-refractivity contribution < 1.29 is 19.1 Å². The first-order valence-electron chi connectivity index (χ1n) is 8.47. The summed E-state index contributed by atoms with van der Waals surface area (Å²) in [6, 6.07) is 7.72. The van der Waals surface area contributed by atoms with Crippen LogP contribution in [0.3, 0.4) is 0 Å². The number of para-hydroxylation sites is 1. The molecule has 0 spiro atoms. The smallest absolute Gasteiger partial charge is 0.317 e. The minimum Gasteiger partial charge on any atom is -0.496 e. The van der Waals surface area contributed by atoms with E-state index in [2.05, 4.69) is 5.32 Å². The summed E-state index contributed by atoms with van der Waals surface area (Å²) in [7, 11) is 1.64. The first kappa shape index (κ1) is 18.1. The van der Waals surface area contributed by atoms with Gasteiger partial charge in [-0.1, -0.05) is 18.2 Å². The summed E-state index contributed by atoms with van der Waals surface area (Å²) in [5, 5.41) is 2.94. The largest absolute Gasteiger partial charge is 0.496 e. The zero-order valence-corrected chi connectivity index (χ0v) is 14.4. The van der Waals surface area contributed by atoms with Crippen LogP contribution in [0.1, 0.15) is 25.3 Å². The fraction of sp³-hybridized carbons (Fsp3) is 0.556. The lowest BCUT2D eigenvalue weighted by molar-refractivity contribution is -0.149. The average molecular weight is 334 g/mol. The number of carbonyl (C=O) groups excluding carboxylic acids is 2. The molecule has 24 heavy (non-hydrogen) atoms. The molecule has 1 N–H and O–H groups in total. The molecule has 132 valence electrons. The number of rotatable bonds is 6. The highest BCUT2D eigenvalue weighted by Crippen LogP contribution is 2.19. The zero-order chi connectivity index (χ0) is 17.4. The number of benzene rings is 1. The number of hydrogen-bond donors (Lipinski definition) is 1. The van der Waals surface area contributed by atoms with Gasteiger partial charge in [0.2, 0.25) is 0 Å². The molecule has 0 bridgehead atoms. The van der Waals surface area contributed by atoms with Crippen molar-refractivity contribution in [1.29, 1.82) is 0 Å². The molecule has 6 nitrogen and oxygen atoms in total. The summed E-state index contributed by atoms with van der Waals surface area (Å²) in [5.41, 5.74) is 1.07. The zero-order valence-electron chi connectivity index (χ0n) is 14.4. The fourth-order valence-corrected chi connectivity index (χ4v) is 2.90. The van der Waals surface area contributed by atoms with E-state index in [1.165, 1.54) is 0 Å². The summed E-state index contributed by atoms with van der Waals surface area (Å²) < 4.78 is 10.3. The van der Waals surface area contributed by atoms with Crippen molar-refractivity contribution in [3.05, 3.63) is 29.8 Å².